The van der Waals surface area contributed by atoms with Crippen LogP contribution in [-0.2, 0) is 11.2 Å². The van der Waals surface area contributed by atoms with E-state index in [4.69, 9.17) is 5.73 Å². The van der Waals surface area contributed by atoms with Gasteiger partial charge in [-0.15, -0.1) is 24.8 Å². The molecule has 0 fully saturated rings. The molecule has 0 unspecified atom stereocenters. The van der Waals surface area contributed by atoms with Gasteiger partial charge >= 0.3 is 0 Å². The zero-order valence-electron chi connectivity index (χ0n) is 14.4. The van der Waals surface area contributed by atoms with Gasteiger partial charge in [-0.25, -0.2) is 9.37 Å². The van der Waals surface area contributed by atoms with Gasteiger partial charge in [0.25, 0.3) is 0 Å². The van der Waals surface area contributed by atoms with Gasteiger partial charge in [0.1, 0.15) is 11.5 Å². The van der Waals surface area contributed by atoms with E-state index in [1.54, 1.807) is 30.6 Å². The minimum Gasteiger partial charge on any atom is -0.348 e. The van der Waals surface area contributed by atoms with Gasteiger partial charge in [0.05, 0.1) is 0 Å². The molecule has 0 aliphatic carbocycles. The first-order valence-corrected chi connectivity index (χ1v) is 8.01. The number of hydrogen-bond acceptors (Lipinski definition) is 3. The highest BCUT2D eigenvalue weighted by Crippen LogP contribution is 2.16. The number of rotatable bonds is 6. The summed E-state index contributed by atoms with van der Waals surface area (Å²) in [6.07, 6.45) is 7.28. The molecule has 0 saturated carbocycles. The first kappa shape index (κ1) is 22.6. The monoisotopic (exact) mass is 410 g/mol. The van der Waals surface area contributed by atoms with E-state index in [1.807, 2.05) is 12.1 Å². The second-order valence-corrected chi connectivity index (χ2v) is 5.75. The Morgan fingerprint density at radius 3 is 2.70 bits per heavy atom. The lowest BCUT2D eigenvalue weighted by Crippen LogP contribution is -2.40. The second-order valence-electron chi connectivity index (χ2n) is 5.75. The van der Waals surface area contributed by atoms with Crippen molar-refractivity contribution in [2.45, 2.75) is 12.5 Å². The van der Waals surface area contributed by atoms with Crippen molar-refractivity contribution in [1.82, 2.24) is 15.3 Å². The molecular formula is C19H21Cl2FN4O. The molecule has 8 heteroatoms. The van der Waals surface area contributed by atoms with Crippen molar-refractivity contribution in [3.05, 3.63) is 71.8 Å². The summed E-state index contributed by atoms with van der Waals surface area (Å²) in [5, 5.41) is 3.82. The van der Waals surface area contributed by atoms with Crippen LogP contribution < -0.4 is 11.1 Å². The number of hydrogen-bond donors (Lipinski definition) is 3. The molecular weight excluding hydrogens is 390 g/mol. The number of nitrogens with two attached hydrogens (primary N) is 1. The number of aromatic amines is 1. The van der Waals surface area contributed by atoms with Crippen molar-refractivity contribution in [1.29, 1.82) is 0 Å². The highest BCUT2D eigenvalue weighted by Gasteiger charge is 2.10. The number of amides is 1. The van der Waals surface area contributed by atoms with Crippen molar-refractivity contribution < 1.29 is 9.18 Å². The molecule has 1 atom stereocenters. The quantitative estimate of drug-likeness (QED) is 0.545. The Morgan fingerprint density at radius 1 is 1.26 bits per heavy atom. The number of nitrogens with zero attached hydrogens (tertiary/aromatic N) is 1. The Balaban J connectivity index is 0.00000182. The van der Waals surface area contributed by atoms with Crippen LogP contribution in [0.5, 0.6) is 0 Å². The van der Waals surface area contributed by atoms with Gasteiger partial charge < -0.3 is 16.0 Å². The van der Waals surface area contributed by atoms with Crippen molar-refractivity contribution in [2.75, 3.05) is 6.54 Å². The number of pyridine rings is 1. The maximum Gasteiger partial charge on any atom is 0.244 e. The predicted molar refractivity (Wildman–Crippen MR) is 111 cm³/mol. The van der Waals surface area contributed by atoms with Crippen molar-refractivity contribution in [3.63, 3.8) is 0 Å². The Morgan fingerprint density at radius 2 is 2.00 bits per heavy atom. The summed E-state index contributed by atoms with van der Waals surface area (Å²) in [5.41, 5.74) is 8.32. The van der Waals surface area contributed by atoms with Crippen molar-refractivity contribution >= 4 is 47.8 Å². The van der Waals surface area contributed by atoms with E-state index < -0.39 is 0 Å². The maximum atomic E-state index is 13.0. The lowest BCUT2D eigenvalue weighted by Gasteiger charge is -2.15. The van der Waals surface area contributed by atoms with Crippen LogP contribution in [0.1, 0.15) is 11.1 Å². The average molecular weight is 411 g/mol. The standard InChI is InChI=1S/C19H19FN4O.2ClH/c20-15-6-3-13(4-7-15)10-16(11-21)24-18(25)8-5-14-12-23-19-17(14)2-1-9-22-19;;/h1-9,12,16H,10-11,21H2,(H,22,23)(H,24,25);2*1H/t16-;;/m0../s1. The topological polar surface area (TPSA) is 83.8 Å². The molecule has 3 aromatic rings. The van der Waals surface area contributed by atoms with E-state index in [0.29, 0.717) is 13.0 Å². The van der Waals surface area contributed by atoms with E-state index in [1.165, 1.54) is 18.2 Å². The summed E-state index contributed by atoms with van der Waals surface area (Å²) in [7, 11) is 0. The van der Waals surface area contributed by atoms with E-state index in [9.17, 15) is 9.18 Å². The molecule has 5 nitrogen and oxygen atoms in total. The molecule has 0 aliphatic rings. The third-order valence-electron chi connectivity index (χ3n) is 3.92. The Bertz CT molecular complexity index is 896. The molecule has 4 N–H and O–H groups in total. The molecule has 1 aromatic carbocycles. The number of carbonyl (C=O) groups excluding carboxylic acids is 1. The fraction of sp³-hybridized carbons (Fsp3) is 0.158. The molecule has 27 heavy (non-hydrogen) atoms. The third-order valence-corrected chi connectivity index (χ3v) is 3.92. The molecule has 3 rings (SSSR count). The van der Waals surface area contributed by atoms with Crippen LogP contribution in [0.25, 0.3) is 17.1 Å². The molecule has 144 valence electrons. The minimum atomic E-state index is -0.284. The van der Waals surface area contributed by atoms with E-state index in [-0.39, 0.29) is 42.6 Å². The summed E-state index contributed by atoms with van der Waals surface area (Å²) in [6.45, 7) is 0.300. The number of carbonyl (C=O) groups is 1. The summed E-state index contributed by atoms with van der Waals surface area (Å²) >= 11 is 0. The van der Waals surface area contributed by atoms with Gasteiger partial charge in [0.2, 0.25) is 5.91 Å². The Labute approximate surface area is 169 Å². The molecule has 0 spiro atoms. The number of fused-ring (bicyclic) bond motifs is 1. The summed E-state index contributed by atoms with van der Waals surface area (Å²) in [6, 6.07) is 9.75. The van der Waals surface area contributed by atoms with E-state index in [2.05, 4.69) is 15.3 Å². The Hall–Kier alpha value is -2.41. The van der Waals surface area contributed by atoms with Crippen LogP contribution in [-0.4, -0.2) is 28.5 Å². The molecule has 1 amide bonds. The van der Waals surface area contributed by atoms with Gasteiger partial charge in [0, 0.05) is 42.0 Å². The number of nitrogens with one attached hydrogen (secondary N) is 2. The zero-order valence-corrected chi connectivity index (χ0v) is 16.0. The summed E-state index contributed by atoms with van der Waals surface area (Å²) < 4.78 is 13.0. The van der Waals surface area contributed by atoms with Gasteiger partial charge in [-0.2, -0.15) is 0 Å². The molecule has 0 saturated heterocycles. The first-order valence-electron chi connectivity index (χ1n) is 8.01. The molecule has 0 bridgehead atoms. The van der Waals surface area contributed by atoms with Crippen LogP contribution >= 0.6 is 24.8 Å². The van der Waals surface area contributed by atoms with Gasteiger partial charge in [-0.05, 0) is 42.3 Å². The SMILES string of the molecule is Cl.Cl.NC[C@H](Cc1ccc(F)cc1)NC(=O)C=Cc1c[nH]c2ncccc12. The fourth-order valence-electron chi connectivity index (χ4n) is 2.63. The lowest BCUT2D eigenvalue weighted by molar-refractivity contribution is -0.117. The molecule has 2 heterocycles. The average Bonchev–Trinajstić information content (AvgIpc) is 3.04. The van der Waals surface area contributed by atoms with Crippen LogP contribution in [0.3, 0.4) is 0 Å². The van der Waals surface area contributed by atoms with Gasteiger partial charge in [-0.3, -0.25) is 4.79 Å². The second kappa shape index (κ2) is 10.7. The highest BCUT2D eigenvalue weighted by atomic mass is 35.5. The largest absolute Gasteiger partial charge is 0.348 e. The fourth-order valence-corrected chi connectivity index (χ4v) is 2.63. The van der Waals surface area contributed by atoms with Crippen molar-refractivity contribution in [2.24, 2.45) is 5.73 Å². The van der Waals surface area contributed by atoms with Gasteiger partial charge in [0.15, 0.2) is 0 Å². The highest BCUT2D eigenvalue weighted by molar-refractivity contribution is 5.95. The van der Waals surface area contributed by atoms with Crippen LogP contribution in [0, 0.1) is 5.82 Å². The third kappa shape index (κ3) is 6.06. The number of benzene rings is 1. The predicted octanol–water partition coefficient (Wildman–Crippen LogP) is 3.25. The zero-order chi connectivity index (χ0) is 17.6. The summed E-state index contributed by atoms with van der Waals surface area (Å²) in [4.78, 5) is 19.4. The molecule has 2 aromatic heterocycles. The first-order chi connectivity index (χ1) is 12.2. The smallest absolute Gasteiger partial charge is 0.244 e. The minimum absolute atomic E-state index is 0. The van der Waals surface area contributed by atoms with Gasteiger partial charge in [-0.1, -0.05) is 12.1 Å². The number of halogens is 3. The van der Waals surface area contributed by atoms with E-state index in [0.717, 1.165) is 22.2 Å². The van der Waals surface area contributed by atoms with Crippen LogP contribution in [0.2, 0.25) is 0 Å². The maximum absolute atomic E-state index is 13.0. The van der Waals surface area contributed by atoms with Crippen LogP contribution in [0.4, 0.5) is 4.39 Å². The number of aromatic nitrogens is 2. The van der Waals surface area contributed by atoms with E-state index >= 15 is 0 Å². The summed E-state index contributed by atoms with van der Waals surface area (Å²) in [5.74, 6) is -0.510. The lowest BCUT2D eigenvalue weighted by atomic mass is 10.1. The van der Waals surface area contributed by atoms with Crippen LogP contribution in [0.15, 0.2) is 54.9 Å². The molecule has 0 aliphatic heterocycles. The molecule has 0 radical (unpaired) electrons. The normalized spacial score (nSPS) is 11.6. The number of H-pyrrole nitrogens is 1. The Kier molecular flexibility index (Phi) is 8.94. The van der Waals surface area contributed by atoms with Crippen molar-refractivity contribution in [3.8, 4) is 0 Å².